The van der Waals surface area contributed by atoms with E-state index in [-0.39, 0.29) is 6.03 Å². The molecule has 0 aliphatic carbocycles. The molecule has 0 spiro atoms. The van der Waals surface area contributed by atoms with Crippen LogP contribution in [0.1, 0.15) is 16.9 Å². The Bertz CT molecular complexity index is 533. The number of carbonyl (C=O) groups is 1. The number of carbonyl (C=O) groups excluding carboxylic acids is 1. The van der Waals surface area contributed by atoms with Crippen LogP contribution in [0, 0.1) is 13.8 Å². The normalized spacial score (nSPS) is 10.1. The third-order valence-corrected chi connectivity index (χ3v) is 2.64. The summed E-state index contributed by atoms with van der Waals surface area (Å²) in [6.07, 6.45) is 1.58. The quantitative estimate of drug-likeness (QED) is 0.871. The van der Waals surface area contributed by atoms with Crippen LogP contribution in [0.15, 0.2) is 41.0 Å². The van der Waals surface area contributed by atoms with E-state index in [1.54, 1.807) is 12.3 Å². The first kappa shape index (κ1) is 12.2. The fraction of sp³-hybridized carbons (Fsp3) is 0.214. The fourth-order valence-corrected chi connectivity index (χ4v) is 1.62. The Morgan fingerprint density at radius 3 is 2.83 bits per heavy atom. The van der Waals surface area contributed by atoms with Crippen LogP contribution in [0.25, 0.3) is 0 Å². The molecule has 2 rings (SSSR count). The topological polar surface area (TPSA) is 54.3 Å². The van der Waals surface area contributed by atoms with Gasteiger partial charge in [0.25, 0.3) is 0 Å². The first-order chi connectivity index (χ1) is 8.65. The number of nitrogens with one attached hydrogen (secondary N) is 2. The molecule has 2 N–H and O–H groups in total. The number of aryl methyl sites for hydroxylation is 2. The molecule has 1 aromatic carbocycles. The molecule has 18 heavy (non-hydrogen) atoms. The monoisotopic (exact) mass is 244 g/mol. The van der Waals surface area contributed by atoms with Gasteiger partial charge in [-0.2, -0.15) is 0 Å². The molecule has 1 aromatic heterocycles. The Labute approximate surface area is 106 Å². The summed E-state index contributed by atoms with van der Waals surface area (Å²) in [5, 5.41) is 5.56. The minimum Gasteiger partial charge on any atom is -0.467 e. The molecular formula is C14H16N2O2. The SMILES string of the molecule is Cc1ccc(C)c(NC(=O)NCc2ccco2)c1. The van der Waals surface area contributed by atoms with Crippen molar-refractivity contribution in [2.75, 3.05) is 5.32 Å². The summed E-state index contributed by atoms with van der Waals surface area (Å²) in [5.74, 6) is 0.728. The standard InChI is InChI=1S/C14H16N2O2/c1-10-5-6-11(2)13(8-10)16-14(17)15-9-12-4-3-7-18-12/h3-8H,9H2,1-2H3,(H2,15,16,17). The van der Waals surface area contributed by atoms with Crippen molar-refractivity contribution in [3.05, 3.63) is 53.5 Å². The molecule has 4 nitrogen and oxygen atoms in total. The van der Waals surface area contributed by atoms with Gasteiger partial charge in [0.15, 0.2) is 0 Å². The molecule has 0 aliphatic rings. The number of anilines is 1. The van der Waals surface area contributed by atoms with Crippen LogP contribution in [0.3, 0.4) is 0 Å². The Kier molecular flexibility index (Phi) is 3.67. The number of furan rings is 1. The lowest BCUT2D eigenvalue weighted by molar-refractivity contribution is 0.251. The number of benzene rings is 1. The highest BCUT2D eigenvalue weighted by atomic mass is 16.3. The second kappa shape index (κ2) is 5.40. The van der Waals surface area contributed by atoms with Crippen LogP contribution in [-0.2, 0) is 6.54 Å². The van der Waals surface area contributed by atoms with Crippen molar-refractivity contribution < 1.29 is 9.21 Å². The zero-order valence-corrected chi connectivity index (χ0v) is 10.5. The number of urea groups is 1. The maximum absolute atomic E-state index is 11.7. The molecule has 0 unspecified atom stereocenters. The maximum atomic E-state index is 11.7. The van der Waals surface area contributed by atoms with E-state index in [2.05, 4.69) is 10.6 Å². The number of rotatable bonds is 3. The molecule has 0 saturated carbocycles. The Morgan fingerprint density at radius 2 is 2.11 bits per heavy atom. The molecule has 0 atom stereocenters. The molecule has 0 radical (unpaired) electrons. The number of hydrogen-bond donors (Lipinski definition) is 2. The predicted molar refractivity (Wildman–Crippen MR) is 70.5 cm³/mol. The molecular weight excluding hydrogens is 228 g/mol. The summed E-state index contributed by atoms with van der Waals surface area (Å²) >= 11 is 0. The largest absolute Gasteiger partial charge is 0.467 e. The lowest BCUT2D eigenvalue weighted by Gasteiger charge is -2.09. The minimum atomic E-state index is -0.236. The van der Waals surface area contributed by atoms with Gasteiger partial charge < -0.3 is 15.1 Å². The second-order valence-corrected chi connectivity index (χ2v) is 4.21. The smallest absolute Gasteiger partial charge is 0.319 e. The van der Waals surface area contributed by atoms with Gasteiger partial charge in [0.2, 0.25) is 0 Å². The highest BCUT2D eigenvalue weighted by Gasteiger charge is 2.05. The average Bonchev–Trinajstić information content (AvgIpc) is 2.84. The number of amides is 2. The van der Waals surface area contributed by atoms with Crippen molar-refractivity contribution in [1.29, 1.82) is 0 Å². The molecule has 4 heteroatoms. The summed E-state index contributed by atoms with van der Waals surface area (Å²) < 4.78 is 5.13. The van der Waals surface area contributed by atoms with Crippen molar-refractivity contribution >= 4 is 11.7 Å². The van der Waals surface area contributed by atoms with E-state index in [9.17, 15) is 4.79 Å². The Morgan fingerprint density at radius 1 is 1.28 bits per heavy atom. The second-order valence-electron chi connectivity index (χ2n) is 4.21. The molecule has 2 amide bonds. The predicted octanol–water partition coefficient (Wildman–Crippen LogP) is 3.22. The van der Waals surface area contributed by atoms with Crippen molar-refractivity contribution in [1.82, 2.24) is 5.32 Å². The van der Waals surface area contributed by atoms with E-state index in [1.807, 2.05) is 38.1 Å². The van der Waals surface area contributed by atoms with E-state index >= 15 is 0 Å². The zero-order chi connectivity index (χ0) is 13.0. The van der Waals surface area contributed by atoms with Crippen LogP contribution in [0.4, 0.5) is 10.5 Å². The Balaban J connectivity index is 1.92. The van der Waals surface area contributed by atoms with E-state index < -0.39 is 0 Å². The highest BCUT2D eigenvalue weighted by molar-refractivity contribution is 5.90. The van der Waals surface area contributed by atoms with Gasteiger partial charge >= 0.3 is 6.03 Å². The van der Waals surface area contributed by atoms with E-state index in [4.69, 9.17) is 4.42 Å². The van der Waals surface area contributed by atoms with Gasteiger partial charge in [0.05, 0.1) is 12.8 Å². The van der Waals surface area contributed by atoms with Gasteiger partial charge in [-0.15, -0.1) is 0 Å². The molecule has 1 heterocycles. The van der Waals surface area contributed by atoms with Gasteiger partial charge in [0.1, 0.15) is 5.76 Å². The summed E-state index contributed by atoms with van der Waals surface area (Å²) in [5.41, 5.74) is 2.97. The van der Waals surface area contributed by atoms with E-state index in [0.29, 0.717) is 6.54 Å². The average molecular weight is 244 g/mol. The first-order valence-corrected chi connectivity index (χ1v) is 5.79. The van der Waals surface area contributed by atoms with Crippen LogP contribution >= 0.6 is 0 Å². The van der Waals surface area contributed by atoms with Gasteiger partial charge in [-0.3, -0.25) is 0 Å². The van der Waals surface area contributed by atoms with Crippen molar-refractivity contribution in [2.24, 2.45) is 0 Å². The van der Waals surface area contributed by atoms with Crippen molar-refractivity contribution in [3.63, 3.8) is 0 Å². The van der Waals surface area contributed by atoms with Gasteiger partial charge in [0, 0.05) is 5.69 Å². The molecule has 0 saturated heterocycles. The van der Waals surface area contributed by atoms with Crippen LogP contribution in [0.2, 0.25) is 0 Å². The van der Waals surface area contributed by atoms with Gasteiger partial charge in [-0.25, -0.2) is 4.79 Å². The fourth-order valence-electron chi connectivity index (χ4n) is 1.62. The van der Waals surface area contributed by atoms with E-state index in [1.165, 1.54) is 0 Å². The summed E-state index contributed by atoms with van der Waals surface area (Å²) in [4.78, 5) is 11.7. The maximum Gasteiger partial charge on any atom is 0.319 e. The van der Waals surface area contributed by atoms with Crippen LogP contribution in [-0.4, -0.2) is 6.03 Å². The van der Waals surface area contributed by atoms with Crippen LogP contribution < -0.4 is 10.6 Å². The summed E-state index contributed by atoms with van der Waals surface area (Å²) in [6, 6.07) is 9.32. The molecule has 94 valence electrons. The van der Waals surface area contributed by atoms with E-state index in [0.717, 1.165) is 22.6 Å². The first-order valence-electron chi connectivity index (χ1n) is 5.79. The molecule has 0 bridgehead atoms. The zero-order valence-electron chi connectivity index (χ0n) is 10.5. The molecule has 2 aromatic rings. The summed E-state index contributed by atoms with van der Waals surface area (Å²) in [6.45, 7) is 4.33. The lowest BCUT2D eigenvalue weighted by atomic mass is 10.1. The Hall–Kier alpha value is -2.23. The molecule has 0 fully saturated rings. The third kappa shape index (κ3) is 3.13. The lowest BCUT2D eigenvalue weighted by Crippen LogP contribution is -2.28. The summed E-state index contributed by atoms with van der Waals surface area (Å²) in [7, 11) is 0. The molecule has 0 aliphatic heterocycles. The minimum absolute atomic E-state index is 0.236. The van der Waals surface area contributed by atoms with Crippen molar-refractivity contribution in [3.8, 4) is 0 Å². The van der Waals surface area contributed by atoms with Crippen molar-refractivity contribution in [2.45, 2.75) is 20.4 Å². The van der Waals surface area contributed by atoms with Gasteiger partial charge in [-0.05, 0) is 43.2 Å². The highest BCUT2D eigenvalue weighted by Crippen LogP contribution is 2.16. The number of hydrogen-bond acceptors (Lipinski definition) is 2. The third-order valence-electron chi connectivity index (χ3n) is 2.64. The van der Waals surface area contributed by atoms with Crippen LogP contribution in [0.5, 0.6) is 0 Å². The van der Waals surface area contributed by atoms with Gasteiger partial charge in [-0.1, -0.05) is 12.1 Å².